The van der Waals surface area contributed by atoms with Crippen LogP contribution in [0.25, 0.3) is 5.57 Å². The van der Waals surface area contributed by atoms with Crippen LogP contribution in [-0.2, 0) is 11.2 Å². The third kappa shape index (κ3) is 1.24. The van der Waals surface area contributed by atoms with Gasteiger partial charge in [0.05, 0.1) is 5.56 Å². The van der Waals surface area contributed by atoms with Crippen LogP contribution < -0.4 is 0 Å². The van der Waals surface area contributed by atoms with E-state index in [0.29, 0.717) is 12.0 Å². The molecule has 0 aromatic heterocycles. The predicted octanol–water partition coefficient (Wildman–Crippen LogP) is 1.55. The van der Waals surface area contributed by atoms with Crippen molar-refractivity contribution in [2.75, 3.05) is 0 Å². The lowest BCUT2D eigenvalue weighted by Crippen LogP contribution is -1.97. The fraction of sp³-hybridized carbons (Fsp3) is 0.182. The van der Waals surface area contributed by atoms with Crippen LogP contribution in [0, 0.1) is 0 Å². The Bertz CT molecular complexity index is 454. The number of benzene rings is 1. The molecule has 2 rings (SSSR count). The van der Waals surface area contributed by atoms with Crippen molar-refractivity contribution in [3.63, 3.8) is 0 Å². The van der Waals surface area contributed by atoms with Gasteiger partial charge < -0.3 is 5.11 Å². The van der Waals surface area contributed by atoms with Crippen LogP contribution in [0.15, 0.2) is 18.2 Å². The first-order chi connectivity index (χ1) is 6.72. The maximum Gasteiger partial charge on any atom is 0.335 e. The maximum absolute atomic E-state index is 10.7. The normalized spacial score (nSPS) is 13.6. The third-order valence-electron chi connectivity index (χ3n) is 2.45. The maximum atomic E-state index is 10.7. The molecule has 0 heterocycles. The molecule has 0 fully saturated rings. The molecule has 70 valence electrons. The van der Waals surface area contributed by atoms with Crippen molar-refractivity contribution in [3.05, 3.63) is 34.9 Å². The first kappa shape index (κ1) is 8.73. The summed E-state index contributed by atoms with van der Waals surface area (Å²) in [6.45, 7) is 0. The zero-order valence-corrected chi connectivity index (χ0v) is 7.41. The number of rotatable bonds is 1. The molecule has 0 atom stereocenters. The van der Waals surface area contributed by atoms with Crippen LogP contribution in [0.5, 0.6) is 0 Å². The van der Waals surface area contributed by atoms with Crippen molar-refractivity contribution < 1.29 is 14.7 Å². The molecular formula is C11H8O3. The van der Waals surface area contributed by atoms with Crippen molar-refractivity contribution in [2.24, 2.45) is 0 Å². The van der Waals surface area contributed by atoms with E-state index in [0.717, 1.165) is 17.5 Å². The summed E-state index contributed by atoms with van der Waals surface area (Å²) in [4.78, 5) is 21.2. The quantitative estimate of drug-likeness (QED) is 0.680. The molecule has 0 saturated carbocycles. The van der Waals surface area contributed by atoms with Crippen LogP contribution in [-0.4, -0.2) is 17.0 Å². The van der Waals surface area contributed by atoms with Gasteiger partial charge in [0.25, 0.3) is 0 Å². The largest absolute Gasteiger partial charge is 0.478 e. The first-order valence-corrected chi connectivity index (χ1v) is 4.33. The molecule has 0 bridgehead atoms. The smallest absolute Gasteiger partial charge is 0.335 e. The number of carboxylic acid groups (broad SMARTS) is 1. The van der Waals surface area contributed by atoms with E-state index >= 15 is 0 Å². The minimum Gasteiger partial charge on any atom is -0.478 e. The highest BCUT2D eigenvalue weighted by Crippen LogP contribution is 2.30. The van der Waals surface area contributed by atoms with Crippen molar-refractivity contribution in [2.45, 2.75) is 12.8 Å². The number of aryl methyl sites for hydroxylation is 1. The number of carbonyl (C=O) groups excluding carboxylic acids is 1. The third-order valence-corrected chi connectivity index (χ3v) is 2.45. The molecule has 3 nitrogen and oxygen atoms in total. The number of hydrogen-bond donors (Lipinski definition) is 1. The van der Waals surface area contributed by atoms with E-state index in [1.807, 2.05) is 5.94 Å². The number of carbonyl (C=O) groups is 1. The lowest BCUT2D eigenvalue weighted by atomic mass is 10.0. The summed E-state index contributed by atoms with van der Waals surface area (Å²) >= 11 is 0. The Hall–Kier alpha value is -1.86. The Morgan fingerprint density at radius 2 is 2.14 bits per heavy atom. The van der Waals surface area contributed by atoms with E-state index in [4.69, 9.17) is 5.11 Å². The zero-order valence-electron chi connectivity index (χ0n) is 7.41. The predicted molar refractivity (Wildman–Crippen MR) is 50.8 cm³/mol. The monoisotopic (exact) mass is 188 g/mol. The average molecular weight is 188 g/mol. The SMILES string of the molecule is O=C=C1CCc2ccc(C(=O)O)cc21. The van der Waals surface area contributed by atoms with E-state index in [-0.39, 0.29) is 5.56 Å². The summed E-state index contributed by atoms with van der Waals surface area (Å²) < 4.78 is 0. The molecule has 3 heteroatoms. The van der Waals surface area contributed by atoms with Crippen LogP contribution in [0.4, 0.5) is 0 Å². The molecule has 1 N–H and O–H groups in total. The van der Waals surface area contributed by atoms with Crippen molar-refractivity contribution in [1.29, 1.82) is 0 Å². The lowest BCUT2D eigenvalue weighted by Gasteiger charge is -1.99. The highest BCUT2D eigenvalue weighted by Gasteiger charge is 2.18. The van der Waals surface area contributed by atoms with Gasteiger partial charge in [0.15, 0.2) is 0 Å². The first-order valence-electron chi connectivity index (χ1n) is 4.33. The summed E-state index contributed by atoms with van der Waals surface area (Å²) in [6.07, 6.45) is 1.47. The molecule has 0 unspecified atom stereocenters. The summed E-state index contributed by atoms with van der Waals surface area (Å²) in [5.74, 6) is 0.892. The summed E-state index contributed by atoms with van der Waals surface area (Å²) in [6, 6.07) is 4.88. The molecule has 0 saturated heterocycles. The zero-order chi connectivity index (χ0) is 10.1. The Morgan fingerprint density at radius 3 is 2.79 bits per heavy atom. The van der Waals surface area contributed by atoms with E-state index in [1.54, 1.807) is 18.2 Å². The highest BCUT2D eigenvalue weighted by atomic mass is 16.4. The van der Waals surface area contributed by atoms with Gasteiger partial charge in [-0.2, -0.15) is 0 Å². The second-order valence-corrected chi connectivity index (χ2v) is 3.26. The second kappa shape index (κ2) is 3.13. The average Bonchev–Trinajstić information content (AvgIpc) is 2.59. The Balaban J connectivity index is 2.58. The molecule has 1 aromatic carbocycles. The molecule has 0 spiro atoms. The molecule has 14 heavy (non-hydrogen) atoms. The van der Waals surface area contributed by atoms with Gasteiger partial charge in [0.1, 0.15) is 5.94 Å². The Morgan fingerprint density at radius 1 is 1.36 bits per heavy atom. The molecule has 0 aliphatic heterocycles. The van der Waals surface area contributed by atoms with Crippen LogP contribution in [0.1, 0.15) is 27.9 Å². The molecule has 1 aromatic rings. The Labute approximate surface area is 80.7 Å². The minimum absolute atomic E-state index is 0.221. The number of carboxylic acids is 1. The fourth-order valence-electron chi connectivity index (χ4n) is 1.71. The molecule has 0 amide bonds. The number of hydrogen-bond acceptors (Lipinski definition) is 2. The standard InChI is InChI=1S/C11H8O3/c12-6-9-4-2-7-1-3-8(11(13)14)5-10(7)9/h1,3,5H,2,4H2,(H,13,14). The second-order valence-electron chi connectivity index (χ2n) is 3.26. The number of aromatic carboxylic acids is 1. The van der Waals surface area contributed by atoms with Gasteiger partial charge in [-0.15, -0.1) is 0 Å². The van der Waals surface area contributed by atoms with Crippen LogP contribution in [0.3, 0.4) is 0 Å². The van der Waals surface area contributed by atoms with Crippen LogP contribution in [0.2, 0.25) is 0 Å². The van der Waals surface area contributed by atoms with Gasteiger partial charge >= 0.3 is 5.97 Å². The summed E-state index contributed by atoms with van der Waals surface area (Å²) in [5.41, 5.74) is 2.59. The summed E-state index contributed by atoms with van der Waals surface area (Å²) in [7, 11) is 0. The van der Waals surface area contributed by atoms with E-state index in [9.17, 15) is 9.59 Å². The van der Waals surface area contributed by atoms with Crippen LogP contribution >= 0.6 is 0 Å². The van der Waals surface area contributed by atoms with Crippen molar-refractivity contribution >= 4 is 17.5 Å². The summed E-state index contributed by atoms with van der Waals surface area (Å²) in [5, 5.41) is 8.77. The Kier molecular flexibility index (Phi) is 1.95. The van der Waals surface area contributed by atoms with Crippen molar-refractivity contribution in [3.8, 4) is 0 Å². The van der Waals surface area contributed by atoms with Crippen molar-refractivity contribution in [1.82, 2.24) is 0 Å². The van der Waals surface area contributed by atoms with Gasteiger partial charge in [-0.3, -0.25) is 0 Å². The highest BCUT2D eigenvalue weighted by molar-refractivity contribution is 5.94. The van der Waals surface area contributed by atoms with Gasteiger partial charge in [-0.1, -0.05) is 6.07 Å². The van der Waals surface area contributed by atoms with E-state index < -0.39 is 5.97 Å². The molecule has 1 aliphatic rings. The van der Waals surface area contributed by atoms with Gasteiger partial charge in [0.2, 0.25) is 0 Å². The topological polar surface area (TPSA) is 54.4 Å². The molecule has 0 radical (unpaired) electrons. The van der Waals surface area contributed by atoms with E-state index in [1.165, 1.54) is 0 Å². The van der Waals surface area contributed by atoms with Gasteiger partial charge in [-0.05, 0) is 36.1 Å². The van der Waals surface area contributed by atoms with Gasteiger partial charge in [-0.25, -0.2) is 9.59 Å². The lowest BCUT2D eigenvalue weighted by molar-refractivity contribution is 0.0697. The van der Waals surface area contributed by atoms with Gasteiger partial charge in [0, 0.05) is 5.57 Å². The van der Waals surface area contributed by atoms with E-state index in [2.05, 4.69) is 0 Å². The molecular weight excluding hydrogens is 180 g/mol. The number of allylic oxidation sites excluding steroid dienone is 1. The fourth-order valence-corrected chi connectivity index (χ4v) is 1.71. The minimum atomic E-state index is -0.968. The number of fused-ring (bicyclic) bond motifs is 1. The molecule has 1 aliphatic carbocycles.